The summed E-state index contributed by atoms with van der Waals surface area (Å²) >= 11 is 0. The van der Waals surface area contributed by atoms with Gasteiger partial charge in [0.15, 0.2) is 0 Å². The van der Waals surface area contributed by atoms with Crippen LogP contribution in [0.25, 0.3) is 66.6 Å². The van der Waals surface area contributed by atoms with Gasteiger partial charge in [0.1, 0.15) is 5.82 Å². The predicted molar refractivity (Wildman–Crippen MR) is 172 cm³/mol. The van der Waals surface area contributed by atoms with E-state index in [1.54, 1.807) is 0 Å². The second-order valence-electron chi connectivity index (χ2n) is 11.3. The molecule has 4 heterocycles. The van der Waals surface area contributed by atoms with Crippen LogP contribution in [0.15, 0.2) is 109 Å². The standard InChI is InChI=1S/C38H25N5.Pt/c1-22-19-29-26-11-3-4-15-31(26)41-35(29)30(20-22)38-42-36-25(12-6-16-32(36)43(38)2)23-9-5-10-24(21-23)33-27-13-7-17-39-34(27)28-14-8-18-40-37(28)33;/h3-20,33H,1-2H3;/q-2;+2. The molecule has 0 radical (unpaired) electrons. The zero-order valence-electron chi connectivity index (χ0n) is 24.0. The van der Waals surface area contributed by atoms with E-state index in [1.807, 2.05) is 30.6 Å². The number of para-hydroxylation sites is 2. The van der Waals surface area contributed by atoms with Crippen molar-refractivity contribution >= 4 is 32.8 Å². The van der Waals surface area contributed by atoms with Gasteiger partial charge < -0.3 is 9.55 Å². The van der Waals surface area contributed by atoms with E-state index in [0.29, 0.717) is 0 Å². The fourth-order valence-electron chi connectivity index (χ4n) is 6.87. The summed E-state index contributed by atoms with van der Waals surface area (Å²) in [6.45, 7) is 2.14. The van der Waals surface area contributed by atoms with Crippen LogP contribution in [0.3, 0.4) is 0 Å². The number of pyridine rings is 2. The van der Waals surface area contributed by atoms with E-state index >= 15 is 0 Å². The summed E-state index contributed by atoms with van der Waals surface area (Å²) in [6, 6.07) is 37.6. The fourth-order valence-corrected chi connectivity index (χ4v) is 6.87. The van der Waals surface area contributed by atoms with E-state index in [4.69, 9.17) is 19.9 Å². The number of nitrogens with zero attached hydrogens (tertiary/aromatic N) is 5. The molecule has 8 aromatic rings. The number of hydrogen-bond donors (Lipinski definition) is 0. The molecule has 0 bridgehead atoms. The summed E-state index contributed by atoms with van der Waals surface area (Å²) in [5.74, 6) is 0.889. The number of aromatic nitrogens is 5. The number of benzene rings is 4. The van der Waals surface area contributed by atoms with Gasteiger partial charge >= 0.3 is 21.1 Å². The molecule has 44 heavy (non-hydrogen) atoms. The van der Waals surface area contributed by atoms with Crippen molar-refractivity contribution < 1.29 is 21.1 Å². The quantitative estimate of drug-likeness (QED) is 0.171. The average Bonchev–Trinajstić information content (AvgIpc) is 3.70. The van der Waals surface area contributed by atoms with E-state index in [-0.39, 0.29) is 27.0 Å². The smallest absolute Gasteiger partial charge is 0.656 e. The first-order valence-corrected chi connectivity index (χ1v) is 14.5. The Morgan fingerprint density at radius 3 is 2.52 bits per heavy atom. The van der Waals surface area contributed by atoms with Crippen molar-refractivity contribution in [3.63, 3.8) is 0 Å². The minimum atomic E-state index is -0.0172. The zero-order chi connectivity index (χ0) is 28.7. The van der Waals surface area contributed by atoms with Crippen LogP contribution < -0.4 is 4.98 Å². The maximum absolute atomic E-state index is 5.30. The van der Waals surface area contributed by atoms with Crippen molar-refractivity contribution in [1.82, 2.24) is 24.5 Å². The van der Waals surface area contributed by atoms with Gasteiger partial charge in [-0.05, 0) is 59.2 Å². The summed E-state index contributed by atoms with van der Waals surface area (Å²) in [5.41, 5.74) is 13.7. The second kappa shape index (κ2) is 10.1. The molecule has 1 unspecified atom stereocenters. The molecule has 0 fully saturated rings. The van der Waals surface area contributed by atoms with Gasteiger partial charge in [-0.1, -0.05) is 54.1 Å². The average molecular weight is 747 g/mol. The van der Waals surface area contributed by atoms with Crippen molar-refractivity contribution in [2.75, 3.05) is 0 Å². The summed E-state index contributed by atoms with van der Waals surface area (Å²) < 4.78 is 2.19. The topological polar surface area (TPSA) is 57.7 Å². The summed E-state index contributed by atoms with van der Waals surface area (Å²) in [4.78, 5) is 19.9. The summed E-state index contributed by atoms with van der Waals surface area (Å²) in [6.07, 6.45) is 3.72. The van der Waals surface area contributed by atoms with Gasteiger partial charge in [-0.2, -0.15) is 0 Å². The molecule has 0 N–H and O–H groups in total. The Labute approximate surface area is 268 Å². The molecule has 6 heteroatoms. The maximum Gasteiger partial charge on any atom is 2.00 e. The second-order valence-corrected chi connectivity index (χ2v) is 11.3. The molecule has 0 spiro atoms. The first-order valence-electron chi connectivity index (χ1n) is 14.5. The van der Waals surface area contributed by atoms with Crippen molar-refractivity contribution in [3.05, 3.63) is 138 Å². The first-order chi connectivity index (χ1) is 21.2. The molecule has 0 aliphatic heterocycles. The van der Waals surface area contributed by atoms with Gasteiger partial charge in [-0.15, -0.1) is 46.4 Å². The van der Waals surface area contributed by atoms with Crippen LogP contribution >= 0.6 is 0 Å². The van der Waals surface area contributed by atoms with Crippen molar-refractivity contribution in [2.45, 2.75) is 12.8 Å². The van der Waals surface area contributed by atoms with Crippen molar-refractivity contribution in [1.29, 1.82) is 0 Å². The SMILES string of the molecule is Cc1cc(-c2nc3c(-c4[c-]c(C5c6cccnc6-c6cccnc65)ccc4)cccc3n2C)c2[n-]c3ccccc3c2c1.[Pt+2]. The Morgan fingerprint density at radius 2 is 1.59 bits per heavy atom. The van der Waals surface area contributed by atoms with Crippen LogP contribution in [0.5, 0.6) is 0 Å². The fraction of sp³-hybridized carbons (Fsp3) is 0.0789. The van der Waals surface area contributed by atoms with Crippen LogP contribution in [-0.2, 0) is 28.1 Å². The van der Waals surface area contributed by atoms with E-state index in [9.17, 15) is 0 Å². The molecule has 212 valence electrons. The minimum Gasteiger partial charge on any atom is -0.656 e. The molecule has 1 aliphatic rings. The molecule has 1 atom stereocenters. The van der Waals surface area contributed by atoms with Crippen molar-refractivity contribution in [2.24, 2.45) is 7.05 Å². The number of rotatable bonds is 3. The number of hydrogen-bond acceptors (Lipinski definition) is 3. The molecule has 4 aromatic carbocycles. The third kappa shape index (κ3) is 3.86. The Bertz CT molecular complexity index is 2350. The molecule has 1 aliphatic carbocycles. The van der Waals surface area contributed by atoms with E-state index in [0.717, 1.165) is 67.1 Å². The third-order valence-corrected chi connectivity index (χ3v) is 8.77. The monoisotopic (exact) mass is 746 g/mol. The summed E-state index contributed by atoms with van der Waals surface area (Å²) in [5, 5.41) is 2.34. The normalized spacial score (nSPS) is 13.7. The molecule has 0 saturated carbocycles. The van der Waals surface area contributed by atoms with Gasteiger partial charge in [0.05, 0.1) is 22.4 Å². The Kier molecular flexibility index (Phi) is 6.14. The Hall–Kier alpha value is -4.86. The third-order valence-electron chi connectivity index (χ3n) is 8.77. The molecular formula is C38H25N5Pt. The van der Waals surface area contributed by atoms with Crippen LogP contribution in [0, 0.1) is 13.0 Å². The van der Waals surface area contributed by atoms with Crippen LogP contribution in [0.1, 0.15) is 28.3 Å². The van der Waals surface area contributed by atoms with E-state index < -0.39 is 0 Å². The van der Waals surface area contributed by atoms with Gasteiger partial charge in [0, 0.05) is 36.5 Å². The maximum atomic E-state index is 5.30. The van der Waals surface area contributed by atoms with Crippen LogP contribution in [0.2, 0.25) is 0 Å². The Balaban J connectivity index is 0.00000289. The van der Waals surface area contributed by atoms with Crippen LogP contribution in [-0.4, -0.2) is 19.5 Å². The molecular weight excluding hydrogens is 722 g/mol. The summed E-state index contributed by atoms with van der Waals surface area (Å²) in [7, 11) is 2.09. The number of imidazole rings is 1. The van der Waals surface area contributed by atoms with E-state index in [1.165, 1.54) is 21.9 Å². The molecule has 4 aromatic heterocycles. The largest absolute Gasteiger partial charge is 2.00 e. The molecule has 5 nitrogen and oxygen atoms in total. The van der Waals surface area contributed by atoms with Gasteiger partial charge in [-0.3, -0.25) is 9.97 Å². The zero-order valence-corrected chi connectivity index (χ0v) is 26.3. The number of fused-ring (bicyclic) bond motifs is 7. The Morgan fingerprint density at radius 1 is 0.773 bits per heavy atom. The van der Waals surface area contributed by atoms with E-state index in [2.05, 4.69) is 103 Å². The molecule has 9 rings (SSSR count). The first kappa shape index (κ1) is 26.7. The van der Waals surface area contributed by atoms with Crippen LogP contribution in [0.4, 0.5) is 0 Å². The van der Waals surface area contributed by atoms with Gasteiger partial charge in [0.25, 0.3) is 0 Å². The minimum absolute atomic E-state index is 0. The molecule has 0 saturated heterocycles. The predicted octanol–water partition coefficient (Wildman–Crippen LogP) is 8.23. The van der Waals surface area contributed by atoms with Gasteiger partial charge in [-0.25, -0.2) is 4.98 Å². The number of aryl methyl sites for hydroxylation is 2. The van der Waals surface area contributed by atoms with Crippen molar-refractivity contribution in [3.8, 4) is 33.8 Å². The van der Waals surface area contributed by atoms with Gasteiger partial charge in [0.2, 0.25) is 0 Å². The molecule has 0 amide bonds.